The molecule has 2 N–H and O–H groups in total. The lowest BCUT2D eigenvalue weighted by molar-refractivity contribution is -0.132. The van der Waals surface area contributed by atoms with Crippen LogP contribution in [0, 0.1) is 5.92 Å². The number of aromatic nitrogens is 1. The summed E-state index contributed by atoms with van der Waals surface area (Å²) in [7, 11) is -3.90. The number of amides is 1. The number of nitrogens with zero attached hydrogens (tertiary/aromatic N) is 2. The third-order valence-corrected chi connectivity index (χ3v) is 9.10. The SMILES string of the molecule is CCC(CC)(C(=O)NO)S(=O)(=O)N1CCC(c2ccc(OCC3CC3)cn2)CC1.Cl. The molecule has 2 aliphatic rings. The molecule has 1 amide bonds. The zero-order valence-corrected chi connectivity index (χ0v) is 19.2. The molecule has 2 heterocycles. The molecule has 0 bridgehead atoms. The Hall–Kier alpha value is -1.42. The summed E-state index contributed by atoms with van der Waals surface area (Å²) >= 11 is 0. The highest BCUT2D eigenvalue weighted by Crippen LogP contribution is 2.35. The minimum absolute atomic E-state index is 0. The number of pyridine rings is 1. The molecule has 0 radical (unpaired) electrons. The van der Waals surface area contributed by atoms with Crippen molar-refractivity contribution in [2.45, 2.75) is 63.0 Å². The van der Waals surface area contributed by atoms with Gasteiger partial charge in [-0.3, -0.25) is 15.0 Å². The molecule has 1 aliphatic heterocycles. The summed E-state index contributed by atoms with van der Waals surface area (Å²) in [5.74, 6) is 0.759. The van der Waals surface area contributed by atoms with Crippen molar-refractivity contribution in [3.8, 4) is 5.75 Å². The number of hydrogen-bond acceptors (Lipinski definition) is 6. The first-order valence-electron chi connectivity index (χ1n) is 10.4. The number of carbonyl (C=O) groups is 1. The van der Waals surface area contributed by atoms with E-state index in [1.54, 1.807) is 25.5 Å². The Morgan fingerprint density at radius 3 is 2.33 bits per heavy atom. The summed E-state index contributed by atoms with van der Waals surface area (Å²) in [6.45, 7) is 4.71. The van der Waals surface area contributed by atoms with Crippen molar-refractivity contribution in [1.29, 1.82) is 0 Å². The van der Waals surface area contributed by atoms with Crippen LogP contribution in [0.2, 0.25) is 0 Å². The van der Waals surface area contributed by atoms with Crippen LogP contribution < -0.4 is 10.2 Å². The van der Waals surface area contributed by atoms with Gasteiger partial charge in [0.25, 0.3) is 5.91 Å². The van der Waals surface area contributed by atoms with Crippen molar-refractivity contribution in [2.75, 3.05) is 19.7 Å². The van der Waals surface area contributed by atoms with E-state index in [1.165, 1.54) is 17.1 Å². The number of hydroxylamine groups is 1. The first-order valence-corrected chi connectivity index (χ1v) is 11.8. The number of piperidine rings is 1. The van der Waals surface area contributed by atoms with Crippen LogP contribution in [0.3, 0.4) is 0 Å². The van der Waals surface area contributed by atoms with Gasteiger partial charge < -0.3 is 4.74 Å². The van der Waals surface area contributed by atoms with Crippen LogP contribution in [0.15, 0.2) is 18.3 Å². The summed E-state index contributed by atoms with van der Waals surface area (Å²) in [4.78, 5) is 16.7. The van der Waals surface area contributed by atoms with E-state index in [4.69, 9.17) is 9.94 Å². The van der Waals surface area contributed by atoms with Gasteiger partial charge in [-0.25, -0.2) is 18.2 Å². The second kappa shape index (κ2) is 10.3. The maximum absolute atomic E-state index is 13.2. The zero-order valence-electron chi connectivity index (χ0n) is 17.5. The highest BCUT2D eigenvalue weighted by atomic mass is 35.5. The van der Waals surface area contributed by atoms with Gasteiger partial charge in [-0.15, -0.1) is 12.4 Å². The fraction of sp³-hybridized carbons (Fsp3) is 0.700. The van der Waals surface area contributed by atoms with Gasteiger partial charge in [-0.1, -0.05) is 13.8 Å². The van der Waals surface area contributed by atoms with Crippen molar-refractivity contribution in [1.82, 2.24) is 14.8 Å². The van der Waals surface area contributed by atoms with E-state index >= 15 is 0 Å². The van der Waals surface area contributed by atoms with E-state index in [1.807, 2.05) is 12.1 Å². The lowest BCUT2D eigenvalue weighted by atomic mass is 9.94. The Morgan fingerprint density at radius 2 is 1.87 bits per heavy atom. The molecule has 1 aromatic heterocycles. The quantitative estimate of drug-likeness (QED) is 0.432. The molecule has 2 fully saturated rings. The number of ether oxygens (including phenoxy) is 1. The Labute approximate surface area is 184 Å². The number of hydrogen-bond donors (Lipinski definition) is 2. The van der Waals surface area contributed by atoms with Gasteiger partial charge in [0.1, 0.15) is 5.75 Å². The minimum atomic E-state index is -3.90. The molecule has 3 rings (SSSR count). The van der Waals surface area contributed by atoms with Gasteiger partial charge in [0.15, 0.2) is 4.75 Å². The van der Waals surface area contributed by atoms with Crippen LogP contribution in [0.1, 0.15) is 64.0 Å². The molecule has 0 unspecified atom stereocenters. The number of sulfonamides is 1. The van der Waals surface area contributed by atoms with Gasteiger partial charge >= 0.3 is 0 Å². The molecule has 0 atom stereocenters. The number of rotatable bonds is 9. The highest BCUT2D eigenvalue weighted by Gasteiger charge is 2.51. The molecule has 1 saturated carbocycles. The molecule has 1 aliphatic carbocycles. The van der Waals surface area contributed by atoms with Crippen molar-refractivity contribution in [2.24, 2.45) is 5.92 Å². The predicted molar refractivity (Wildman–Crippen MR) is 115 cm³/mol. The first kappa shape index (κ1) is 24.8. The standard InChI is InChI=1S/C20H31N3O5S.ClH/c1-3-20(4-2,19(24)22-25)29(26,27)23-11-9-16(10-12-23)18-8-7-17(13-21-18)28-14-15-5-6-15;/h7-8,13,15-16,25H,3-6,9-12,14H2,1-2H3,(H,22,24);1H. The van der Waals surface area contributed by atoms with Crippen molar-refractivity contribution >= 4 is 28.3 Å². The summed E-state index contributed by atoms with van der Waals surface area (Å²) in [6.07, 6.45) is 5.70. The number of carbonyl (C=O) groups excluding carboxylic acids is 1. The third-order valence-electron chi connectivity index (χ3n) is 6.31. The smallest absolute Gasteiger partial charge is 0.266 e. The van der Waals surface area contributed by atoms with Crippen molar-refractivity contribution in [3.05, 3.63) is 24.0 Å². The number of nitrogens with one attached hydrogen (secondary N) is 1. The second-order valence-corrected chi connectivity index (χ2v) is 10.2. The van der Waals surface area contributed by atoms with Crippen LogP contribution >= 0.6 is 12.4 Å². The molecule has 0 aromatic carbocycles. The van der Waals surface area contributed by atoms with E-state index in [9.17, 15) is 13.2 Å². The van der Waals surface area contributed by atoms with Gasteiger partial charge in [-0.2, -0.15) is 0 Å². The molecular formula is C20H32ClN3O5S. The topological polar surface area (TPSA) is 109 Å². The fourth-order valence-electron chi connectivity index (χ4n) is 4.01. The maximum atomic E-state index is 13.2. The molecule has 1 saturated heterocycles. The average Bonchev–Trinajstić information content (AvgIpc) is 3.58. The fourth-order valence-corrected chi connectivity index (χ4v) is 6.21. The summed E-state index contributed by atoms with van der Waals surface area (Å²) < 4.78 is 31.9. The van der Waals surface area contributed by atoms with Crippen molar-refractivity contribution in [3.63, 3.8) is 0 Å². The van der Waals surface area contributed by atoms with E-state index in [2.05, 4.69) is 4.98 Å². The maximum Gasteiger partial charge on any atom is 0.266 e. The Bertz CT molecular complexity index is 802. The lowest BCUT2D eigenvalue weighted by Crippen LogP contribution is -2.57. The first-order chi connectivity index (χ1) is 13.9. The Balaban J connectivity index is 0.00000320. The molecule has 0 spiro atoms. The third kappa shape index (κ3) is 4.90. The average molecular weight is 462 g/mol. The van der Waals surface area contributed by atoms with Gasteiger partial charge in [0.2, 0.25) is 10.0 Å². The monoisotopic (exact) mass is 461 g/mol. The van der Waals surface area contributed by atoms with Crippen LogP contribution in [0.5, 0.6) is 5.75 Å². The van der Waals surface area contributed by atoms with E-state index in [0.717, 1.165) is 18.1 Å². The van der Waals surface area contributed by atoms with Gasteiger partial charge in [0.05, 0.1) is 12.8 Å². The molecule has 170 valence electrons. The highest BCUT2D eigenvalue weighted by molar-refractivity contribution is 7.91. The van der Waals surface area contributed by atoms with Crippen molar-refractivity contribution < 1.29 is 23.2 Å². The Morgan fingerprint density at radius 1 is 1.23 bits per heavy atom. The Kier molecular flexibility index (Phi) is 8.50. The van der Waals surface area contributed by atoms with Crippen LogP contribution in [-0.2, 0) is 14.8 Å². The normalized spacial score (nSPS) is 18.5. The summed E-state index contributed by atoms with van der Waals surface area (Å²) in [6, 6.07) is 3.89. The minimum Gasteiger partial charge on any atom is -0.492 e. The van der Waals surface area contributed by atoms with Crippen LogP contribution in [0.4, 0.5) is 0 Å². The van der Waals surface area contributed by atoms with E-state index in [-0.39, 0.29) is 31.2 Å². The number of halogens is 1. The second-order valence-electron chi connectivity index (χ2n) is 7.99. The molecule has 10 heteroatoms. The molecule has 8 nitrogen and oxygen atoms in total. The predicted octanol–water partition coefficient (Wildman–Crippen LogP) is 2.87. The van der Waals surface area contributed by atoms with Gasteiger partial charge in [0, 0.05) is 24.7 Å². The zero-order chi connectivity index (χ0) is 21.1. The largest absolute Gasteiger partial charge is 0.492 e. The summed E-state index contributed by atoms with van der Waals surface area (Å²) in [5, 5.41) is 9.08. The van der Waals surface area contributed by atoms with Crippen LogP contribution in [-0.4, -0.2) is 53.3 Å². The summed E-state index contributed by atoms with van der Waals surface area (Å²) in [5.41, 5.74) is 2.48. The molecular weight excluding hydrogens is 430 g/mol. The molecule has 1 aromatic rings. The van der Waals surface area contributed by atoms with E-state index < -0.39 is 20.7 Å². The lowest BCUT2D eigenvalue weighted by Gasteiger charge is -2.38. The van der Waals surface area contributed by atoms with Crippen LogP contribution in [0.25, 0.3) is 0 Å². The van der Waals surface area contributed by atoms with Gasteiger partial charge in [-0.05, 0) is 56.6 Å². The van der Waals surface area contributed by atoms with E-state index in [0.29, 0.717) is 31.8 Å². The molecule has 30 heavy (non-hydrogen) atoms.